The molecule has 0 amide bonds. The number of carbonyl (C=O) groups excluding carboxylic acids is 3. The van der Waals surface area contributed by atoms with Crippen molar-refractivity contribution in [3.63, 3.8) is 0 Å². The third-order valence-electron chi connectivity index (χ3n) is 11.1. The number of esters is 2. The highest BCUT2D eigenvalue weighted by atomic mass is 16.5. The molecule has 0 aromatic rings. The molecule has 35 heavy (non-hydrogen) atoms. The molecule has 2 saturated carbocycles. The quantitative estimate of drug-likeness (QED) is 0.353. The summed E-state index contributed by atoms with van der Waals surface area (Å²) in [5.74, 6) is -1.30. The molecular formula is C28H38O7. The van der Waals surface area contributed by atoms with E-state index in [2.05, 4.69) is 19.9 Å². The van der Waals surface area contributed by atoms with Gasteiger partial charge in [-0.2, -0.15) is 0 Å². The van der Waals surface area contributed by atoms with E-state index in [1.54, 1.807) is 6.92 Å². The standard InChI is InChI=1S/C28H38O7/c1-14-11-18-25(6,28(23(32)33-8)22(31)15(2)21(30)26(14,28)7)12-17-20-24(4,5)19(35-16(3)29)9-10-27(18,20)13-34-17/h11,17-20,30H,9-10,12-13H2,1-8H3. The number of allylic oxidation sites excluding steroid dienone is 3. The number of aliphatic hydroxyl groups excluding tert-OH is 1. The fraction of sp³-hybridized carbons (Fsp3) is 0.750. The van der Waals surface area contributed by atoms with Crippen LogP contribution in [0.25, 0.3) is 0 Å². The maximum Gasteiger partial charge on any atom is 0.321 e. The molecule has 0 aromatic heterocycles. The molecule has 3 fully saturated rings. The predicted molar refractivity (Wildman–Crippen MR) is 127 cm³/mol. The Labute approximate surface area is 207 Å². The number of methoxy groups -OCH3 is 1. The number of aliphatic hydroxyl groups is 1. The molecular weight excluding hydrogens is 448 g/mol. The Morgan fingerprint density at radius 3 is 2.43 bits per heavy atom. The van der Waals surface area contributed by atoms with Crippen molar-refractivity contribution in [1.29, 1.82) is 0 Å². The van der Waals surface area contributed by atoms with Crippen LogP contribution in [0.1, 0.15) is 67.7 Å². The van der Waals surface area contributed by atoms with Crippen molar-refractivity contribution in [2.75, 3.05) is 13.7 Å². The number of hydrogen-bond donors (Lipinski definition) is 1. The summed E-state index contributed by atoms with van der Waals surface area (Å²) in [5.41, 5.74) is -3.21. The van der Waals surface area contributed by atoms with Crippen LogP contribution < -0.4 is 0 Å². The van der Waals surface area contributed by atoms with Gasteiger partial charge in [0.15, 0.2) is 11.2 Å². The third-order valence-corrected chi connectivity index (χ3v) is 11.1. The van der Waals surface area contributed by atoms with Crippen molar-refractivity contribution in [1.82, 2.24) is 0 Å². The Bertz CT molecular complexity index is 1100. The predicted octanol–water partition coefficient (Wildman–Crippen LogP) is 4.31. The average molecular weight is 487 g/mol. The summed E-state index contributed by atoms with van der Waals surface area (Å²) in [6, 6.07) is 0. The number of rotatable bonds is 2. The van der Waals surface area contributed by atoms with Crippen molar-refractivity contribution in [2.45, 2.75) is 79.9 Å². The van der Waals surface area contributed by atoms with Crippen LogP contribution in [0.2, 0.25) is 0 Å². The number of ketones is 1. The summed E-state index contributed by atoms with van der Waals surface area (Å²) in [6.07, 6.45) is 3.71. The van der Waals surface area contributed by atoms with Crippen LogP contribution in [0.15, 0.2) is 23.0 Å². The molecule has 5 aliphatic rings. The molecule has 5 rings (SSSR count). The van der Waals surface area contributed by atoms with Crippen LogP contribution in [0, 0.1) is 38.9 Å². The van der Waals surface area contributed by atoms with Crippen LogP contribution in [0.3, 0.4) is 0 Å². The second-order valence-electron chi connectivity index (χ2n) is 12.6. The number of fused-ring (bicyclic) bond motifs is 3. The van der Waals surface area contributed by atoms with Gasteiger partial charge in [0.2, 0.25) is 0 Å². The van der Waals surface area contributed by atoms with Crippen molar-refractivity contribution >= 4 is 17.7 Å². The van der Waals surface area contributed by atoms with E-state index < -0.39 is 22.2 Å². The smallest absolute Gasteiger partial charge is 0.321 e. The largest absolute Gasteiger partial charge is 0.511 e. The van der Waals surface area contributed by atoms with Crippen molar-refractivity contribution < 1.29 is 33.7 Å². The minimum atomic E-state index is -1.58. The zero-order chi connectivity index (χ0) is 25.9. The first-order valence-electron chi connectivity index (χ1n) is 12.7. The fourth-order valence-electron chi connectivity index (χ4n) is 9.76. The molecule has 1 aliphatic heterocycles. The van der Waals surface area contributed by atoms with E-state index in [0.717, 1.165) is 12.0 Å². The topological polar surface area (TPSA) is 99.1 Å². The second-order valence-corrected chi connectivity index (χ2v) is 12.6. The Hall–Kier alpha value is -2.15. The highest BCUT2D eigenvalue weighted by Crippen LogP contribution is 2.78. The summed E-state index contributed by atoms with van der Waals surface area (Å²) in [7, 11) is 1.32. The molecule has 0 radical (unpaired) electrons. The molecule has 7 nitrogen and oxygen atoms in total. The van der Waals surface area contributed by atoms with Crippen molar-refractivity contribution in [3.8, 4) is 0 Å². The molecule has 8 atom stereocenters. The highest BCUT2D eigenvalue weighted by Gasteiger charge is 2.82. The Morgan fingerprint density at radius 1 is 1.17 bits per heavy atom. The molecule has 0 aromatic carbocycles. The van der Waals surface area contributed by atoms with Crippen molar-refractivity contribution in [2.24, 2.45) is 38.9 Å². The SMILES string of the molecule is COC(=O)C12C(=O)C(C)=C(O)C1(C)C(C)=CC1C34CCC(OC(C)=O)C(C)(C)C3C(CC12C)OC4. The van der Waals surface area contributed by atoms with E-state index in [1.165, 1.54) is 14.0 Å². The maximum atomic E-state index is 14.1. The van der Waals surface area contributed by atoms with E-state index in [9.17, 15) is 19.5 Å². The van der Waals surface area contributed by atoms with Crippen LogP contribution >= 0.6 is 0 Å². The zero-order valence-corrected chi connectivity index (χ0v) is 22.1. The summed E-state index contributed by atoms with van der Waals surface area (Å²) in [4.78, 5) is 39.9. The van der Waals surface area contributed by atoms with E-state index in [1.807, 2.05) is 20.8 Å². The summed E-state index contributed by atoms with van der Waals surface area (Å²) >= 11 is 0. The Balaban J connectivity index is 1.75. The van der Waals surface area contributed by atoms with Crippen molar-refractivity contribution in [3.05, 3.63) is 23.0 Å². The van der Waals surface area contributed by atoms with Crippen LogP contribution in [-0.2, 0) is 28.6 Å². The lowest BCUT2D eigenvalue weighted by Crippen LogP contribution is -2.71. The molecule has 8 unspecified atom stereocenters. The Kier molecular flexibility index (Phi) is 4.90. The van der Waals surface area contributed by atoms with Gasteiger partial charge in [-0.3, -0.25) is 14.4 Å². The second kappa shape index (κ2) is 6.99. The first kappa shape index (κ1) is 24.5. The summed E-state index contributed by atoms with van der Waals surface area (Å²) in [6.45, 7) is 13.7. The number of carbonyl (C=O) groups is 3. The van der Waals surface area contributed by atoms with Gasteiger partial charge in [0.25, 0.3) is 0 Å². The van der Waals surface area contributed by atoms with Crippen LogP contribution in [-0.4, -0.2) is 48.8 Å². The van der Waals surface area contributed by atoms with Gasteiger partial charge < -0.3 is 19.3 Å². The maximum absolute atomic E-state index is 14.1. The zero-order valence-electron chi connectivity index (χ0n) is 22.1. The molecule has 7 heteroatoms. The van der Waals surface area contributed by atoms with Crippen LogP contribution in [0.5, 0.6) is 0 Å². The lowest BCUT2D eigenvalue weighted by molar-refractivity contribution is -0.216. The lowest BCUT2D eigenvalue weighted by Gasteiger charge is -2.67. The molecule has 4 aliphatic carbocycles. The number of hydrogen-bond acceptors (Lipinski definition) is 7. The minimum Gasteiger partial charge on any atom is -0.511 e. The summed E-state index contributed by atoms with van der Waals surface area (Å²) < 4.78 is 17.7. The lowest BCUT2D eigenvalue weighted by atomic mass is 9.33. The molecule has 192 valence electrons. The highest BCUT2D eigenvalue weighted by molar-refractivity contribution is 6.17. The molecule has 2 bridgehead atoms. The van der Waals surface area contributed by atoms with E-state index in [4.69, 9.17) is 14.2 Å². The normalized spacial score (nSPS) is 47.4. The minimum absolute atomic E-state index is 0.0342. The van der Waals surface area contributed by atoms with Gasteiger partial charge in [-0.05, 0) is 46.0 Å². The van der Waals surface area contributed by atoms with Gasteiger partial charge in [-0.25, -0.2) is 0 Å². The van der Waals surface area contributed by atoms with E-state index in [-0.39, 0.29) is 58.0 Å². The van der Waals surface area contributed by atoms with E-state index in [0.29, 0.717) is 19.4 Å². The van der Waals surface area contributed by atoms with Gasteiger partial charge in [0, 0.05) is 34.7 Å². The van der Waals surface area contributed by atoms with Gasteiger partial charge in [-0.1, -0.05) is 32.4 Å². The Morgan fingerprint density at radius 2 is 1.83 bits per heavy atom. The van der Waals surface area contributed by atoms with Crippen LogP contribution in [0.4, 0.5) is 0 Å². The first-order valence-corrected chi connectivity index (χ1v) is 12.7. The van der Waals surface area contributed by atoms with Gasteiger partial charge in [-0.15, -0.1) is 0 Å². The molecule has 1 N–H and O–H groups in total. The van der Waals surface area contributed by atoms with E-state index >= 15 is 0 Å². The summed E-state index contributed by atoms with van der Waals surface area (Å²) in [5, 5.41) is 11.3. The molecule has 1 heterocycles. The number of ether oxygens (including phenoxy) is 3. The molecule has 1 saturated heterocycles. The first-order chi connectivity index (χ1) is 16.2. The monoisotopic (exact) mass is 486 g/mol. The third kappa shape index (κ3) is 2.40. The average Bonchev–Trinajstić information content (AvgIpc) is 3.18. The van der Waals surface area contributed by atoms with Gasteiger partial charge in [0.05, 0.1) is 25.2 Å². The fourth-order valence-corrected chi connectivity index (χ4v) is 9.76. The molecule has 0 spiro atoms. The number of Topliss-reactive ketones (excluding diaryl/α,β-unsaturated/α-hetero) is 1. The van der Waals surface area contributed by atoms with Gasteiger partial charge >= 0.3 is 11.9 Å². The van der Waals surface area contributed by atoms with Gasteiger partial charge in [0.1, 0.15) is 11.9 Å².